The Labute approximate surface area is 235 Å². The highest BCUT2D eigenvalue weighted by Gasteiger charge is 2.37. The van der Waals surface area contributed by atoms with Crippen molar-refractivity contribution >= 4 is 0 Å². The molecule has 0 radical (unpaired) electrons. The third-order valence-corrected chi connectivity index (χ3v) is 7.88. The average Bonchev–Trinajstić information content (AvgIpc) is 2.93. The summed E-state index contributed by atoms with van der Waals surface area (Å²) >= 11 is 0. The predicted molar refractivity (Wildman–Crippen MR) is 140 cm³/mol. The third kappa shape index (κ3) is 8.66. The lowest BCUT2D eigenvalue weighted by molar-refractivity contribution is -0.276. The molecule has 4 rings (SSSR count). The van der Waals surface area contributed by atoms with Crippen molar-refractivity contribution < 1.29 is 44.9 Å². The van der Waals surface area contributed by atoms with Crippen LogP contribution in [0, 0.1) is 29.4 Å². The zero-order valence-corrected chi connectivity index (χ0v) is 22.5. The van der Waals surface area contributed by atoms with Crippen LogP contribution < -0.4 is 14.2 Å². The molecule has 2 aromatic carbocycles. The van der Waals surface area contributed by atoms with Gasteiger partial charge in [0.1, 0.15) is 11.5 Å². The fourth-order valence-corrected chi connectivity index (χ4v) is 5.65. The van der Waals surface area contributed by atoms with Crippen LogP contribution in [-0.2, 0) is 6.11 Å². The number of halogens is 7. The van der Waals surface area contributed by atoms with E-state index in [0.29, 0.717) is 18.3 Å². The van der Waals surface area contributed by atoms with Crippen LogP contribution in [0.2, 0.25) is 0 Å². The van der Waals surface area contributed by atoms with Crippen LogP contribution in [0.1, 0.15) is 63.4 Å². The molecule has 1 fully saturated rings. The highest BCUT2D eigenvalue weighted by molar-refractivity contribution is 5.36. The van der Waals surface area contributed by atoms with Gasteiger partial charge in [0.05, 0.1) is 12.2 Å². The van der Waals surface area contributed by atoms with Crippen molar-refractivity contribution in [3.8, 4) is 17.2 Å². The molecule has 0 aliphatic heterocycles. The Morgan fingerprint density at radius 2 is 1.49 bits per heavy atom. The number of rotatable bonds is 11. The van der Waals surface area contributed by atoms with Crippen LogP contribution >= 0.6 is 0 Å². The highest BCUT2D eigenvalue weighted by atomic mass is 19.4. The number of hydrogen-bond donors (Lipinski definition) is 0. The van der Waals surface area contributed by atoms with E-state index < -0.39 is 41.2 Å². The van der Waals surface area contributed by atoms with Crippen molar-refractivity contribution in [1.82, 2.24) is 0 Å². The molecule has 2 aliphatic rings. The van der Waals surface area contributed by atoms with Crippen molar-refractivity contribution in [1.29, 1.82) is 0 Å². The van der Waals surface area contributed by atoms with E-state index >= 15 is 0 Å². The summed E-state index contributed by atoms with van der Waals surface area (Å²) in [6.45, 7) is 4.27. The van der Waals surface area contributed by atoms with Crippen molar-refractivity contribution in [2.75, 3.05) is 6.61 Å². The zero-order valence-electron chi connectivity index (χ0n) is 22.5. The van der Waals surface area contributed by atoms with Gasteiger partial charge in [0.2, 0.25) is 5.75 Å². The molecule has 1 atom stereocenters. The summed E-state index contributed by atoms with van der Waals surface area (Å²) in [5.41, 5.74) is 0.922. The standard InChI is InChI=1S/C31H33F7O3/c1-2-3-4-20-5-9-22(10-6-20)23-11-7-21(8-12-23)19-39-25-15-13-24(14-16-25)30(34,35)40-26-17-27(32)29(28(33)18-26)41-31(36,37)38/h2,5,13-18,21-23H,1,3-4,6-12,19H2. The van der Waals surface area contributed by atoms with Crippen LogP contribution in [0.5, 0.6) is 17.2 Å². The summed E-state index contributed by atoms with van der Waals surface area (Å²) in [6, 6.07) is 5.18. The van der Waals surface area contributed by atoms with E-state index in [-0.39, 0.29) is 12.1 Å². The summed E-state index contributed by atoms with van der Waals surface area (Å²) < 4.78 is 107. The SMILES string of the molecule is C=CCCC1=CCC(C2CCC(COc3ccc(C(F)(F)Oc4cc(F)c(OC(F)(F)F)c(F)c4)cc3)CC2)CC1. The quantitative estimate of drug-likeness (QED) is 0.194. The fourth-order valence-electron chi connectivity index (χ4n) is 5.65. The molecule has 0 amide bonds. The summed E-state index contributed by atoms with van der Waals surface area (Å²) in [5, 5.41) is 0. The lowest BCUT2D eigenvalue weighted by Gasteiger charge is -2.35. The van der Waals surface area contributed by atoms with E-state index in [0.717, 1.165) is 68.9 Å². The van der Waals surface area contributed by atoms with Gasteiger partial charge in [-0.05, 0) is 99.8 Å². The van der Waals surface area contributed by atoms with Crippen molar-refractivity contribution in [2.45, 2.75) is 70.3 Å². The average molecular weight is 587 g/mol. The molecule has 0 aromatic heterocycles. The molecule has 10 heteroatoms. The molecule has 2 aliphatic carbocycles. The predicted octanol–water partition coefficient (Wildman–Crippen LogP) is 9.87. The Bertz CT molecular complexity index is 1180. The normalized spacial score (nSPS) is 21.6. The molecule has 0 bridgehead atoms. The number of alkyl halides is 5. The Morgan fingerprint density at radius 1 is 0.829 bits per heavy atom. The first-order valence-electron chi connectivity index (χ1n) is 13.8. The minimum atomic E-state index is -5.36. The Balaban J connectivity index is 1.25. The number of allylic oxidation sites excluding steroid dienone is 3. The molecule has 0 N–H and O–H groups in total. The molecule has 41 heavy (non-hydrogen) atoms. The van der Waals surface area contributed by atoms with E-state index in [1.165, 1.54) is 25.0 Å². The fraction of sp³-hybridized carbons (Fsp3) is 0.484. The molecular weight excluding hydrogens is 553 g/mol. The lowest BCUT2D eigenvalue weighted by atomic mass is 9.71. The van der Waals surface area contributed by atoms with Gasteiger partial charge in [-0.1, -0.05) is 17.7 Å². The van der Waals surface area contributed by atoms with Crippen molar-refractivity contribution in [3.05, 3.63) is 77.9 Å². The number of benzene rings is 2. The number of hydrogen-bond acceptors (Lipinski definition) is 3. The first kappa shape index (κ1) is 30.8. The van der Waals surface area contributed by atoms with Crippen LogP contribution in [0.3, 0.4) is 0 Å². The van der Waals surface area contributed by atoms with E-state index in [1.807, 2.05) is 6.08 Å². The summed E-state index contributed by atoms with van der Waals surface area (Å²) in [6.07, 6.45) is 5.14. The maximum absolute atomic E-state index is 14.6. The molecule has 0 heterocycles. The molecule has 1 unspecified atom stereocenters. The van der Waals surface area contributed by atoms with Crippen LogP contribution in [0.25, 0.3) is 0 Å². The second-order valence-electron chi connectivity index (χ2n) is 10.7. The summed E-state index contributed by atoms with van der Waals surface area (Å²) in [7, 11) is 0. The molecule has 2 aromatic rings. The van der Waals surface area contributed by atoms with Gasteiger partial charge in [0, 0.05) is 12.1 Å². The van der Waals surface area contributed by atoms with Crippen molar-refractivity contribution in [2.24, 2.45) is 17.8 Å². The van der Waals surface area contributed by atoms with E-state index in [9.17, 15) is 30.7 Å². The Hall–Kier alpha value is -3.17. The van der Waals surface area contributed by atoms with E-state index in [1.54, 1.807) is 5.57 Å². The molecular formula is C31H33F7O3. The van der Waals surface area contributed by atoms with Gasteiger partial charge in [0.25, 0.3) is 0 Å². The van der Waals surface area contributed by atoms with Crippen LogP contribution in [-0.4, -0.2) is 13.0 Å². The number of ether oxygens (including phenoxy) is 3. The van der Waals surface area contributed by atoms with Crippen molar-refractivity contribution in [3.63, 3.8) is 0 Å². The minimum Gasteiger partial charge on any atom is -0.493 e. The Morgan fingerprint density at radius 3 is 2.05 bits per heavy atom. The lowest BCUT2D eigenvalue weighted by Crippen LogP contribution is -2.25. The second-order valence-corrected chi connectivity index (χ2v) is 10.7. The molecule has 3 nitrogen and oxygen atoms in total. The molecule has 1 saturated carbocycles. The van der Waals surface area contributed by atoms with Gasteiger partial charge in [-0.2, -0.15) is 8.78 Å². The van der Waals surface area contributed by atoms with Gasteiger partial charge < -0.3 is 14.2 Å². The van der Waals surface area contributed by atoms with Gasteiger partial charge in [-0.15, -0.1) is 19.8 Å². The highest BCUT2D eigenvalue weighted by Crippen LogP contribution is 2.41. The monoisotopic (exact) mass is 586 g/mol. The van der Waals surface area contributed by atoms with Crippen LogP contribution in [0.15, 0.2) is 60.7 Å². The van der Waals surface area contributed by atoms with Crippen LogP contribution in [0.4, 0.5) is 30.7 Å². The molecule has 0 spiro atoms. The summed E-state index contributed by atoms with van der Waals surface area (Å²) in [5.74, 6) is -4.21. The maximum Gasteiger partial charge on any atom is 0.573 e. The summed E-state index contributed by atoms with van der Waals surface area (Å²) in [4.78, 5) is 0. The topological polar surface area (TPSA) is 27.7 Å². The largest absolute Gasteiger partial charge is 0.573 e. The van der Waals surface area contributed by atoms with Gasteiger partial charge in [-0.25, -0.2) is 8.78 Å². The molecule has 224 valence electrons. The van der Waals surface area contributed by atoms with Gasteiger partial charge in [-0.3, -0.25) is 0 Å². The minimum absolute atomic E-state index is 0.191. The smallest absolute Gasteiger partial charge is 0.493 e. The van der Waals surface area contributed by atoms with Gasteiger partial charge in [0.15, 0.2) is 11.6 Å². The molecule has 0 saturated heterocycles. The van der Waals surface area contributed by atoms with E-state index in [4.69, 9.17) is 4.74 Å². The third-order valence-electron chi connectivity index (χ3n) is 7.88. The first-order chi connectivity index (χ1) is 19.4. The maximum atomic E-state index is 14.6. The second kappa shape index (κ2) is 13.2. The first-order valence-corrected chi connectivity index (χ1v) is 13.8. The zero-order chi connectivity index (χ0) is 29.6. The van der Waals surface area contributed by atoms with E-state index in [2.05, 4.69) is 22.1 Å². The van der Waals surface area contributed by atoms with Gasteiger partial charge >= 0.3 is 12.5 Å². The Kier molecular flexibility index (Phi) is 9.92.